The van der Waals surface area contributed by atoms with E-state index < -0.39 is 5.60 Å². The van der Waals surface area contributed by atoms with Crippen molar-refractivity contribution in [2.75, 3.05) is 0 Å². The standard InChI is InChI=1S/C11H10Cl3N3O/c1-11(2,18)9-5-17(16-15-9)10-7(13)3-6(12)4-8(10)14/h3-5,18H,1-2H3. The van der Waals surface area contributed by atoms with Gasteiger partial charge >= 0.3 is 0 Å². The minimum atomic E-state index is -1.08. The fourth-order valence-corrected chi connectivity index (χ4v) is 2.40. The quantitative estimate of drug-likeness (QED) is 0.924. The summed E-state index contributed by atoms with van der Waals surface area (Å²) in [4.78, 5) is 0. The number of aliphatic hydroxyl groups is 1. The fourth-order valence-electron chi connectivity index (χ4n) is 1.41. The molecule has 0 saturated carbocycles. The average molecular weight is 307 g/mol. The van der Waals surface area contributed by atoms with Crippen LogP contribution in [0.3, 0.4) is 0 Å². The Bertz CT molecular complexity index is 566. The summed E-state index contributed by atoms with van der Waals surface area (Å²) in [5.74, 6) is 0. The molecule has 0 bridgehead atoms. The molecule has 0 fully saturated rings. The summed E-state index contributed by atoms with van der Waals surface area (Å²) in [5.41, 5.74) is -0.181. The Kier molecular flexibility index (Phi) is 3.56. The zero-order chi connectivity index (χ0) is 13.5. The Morgan fingerprint density at radius 2 is 1.72 bits per heavy atom. The van der Waals surface area contributed by atoms with Crippen molar-refractivity contribution in [3.05, 3.63) is 39.1 Å². The summed E-state index contributed by atoms with van der Waals surface area (Å²) in [5, 5.41) is 18.8. The van der Waals surface area contributed by atoms with E-state index in [9.17, 15) is 5.11 Å². The molecule has 18 heavy (non-hydrogen) atoms. The molecule has 2 rings (SSSR count). The van der Waals surface area contributed by atoms with Crippen LogP contribution in [0.1, 0.15) is 19.5 Å². The van der Waals surface area contributed by atoms with Gasteiger partial charge in [-0.25, -0.2) is 4.68 Å². The van der Waals surface area contributed by atoms with Crippen molar-refractivity contribution in [3.63, 3.8) is 0 Å². The van der Waals surface area contributed by atoms with Crippen molar-refractivity contribution in [2.45, 2.75) is 19.4 Å². The number of hydrogen-bond acceptors (Lipinski definition) is 3. The topological polar surface area (TPSA) is 50.9 Å². The van der Waals surface area contributed by atoms with Crippen molar-refractivity contribution in [3.8, 4) is 5.69 Å². The lowest BCUT2D eigenvalue weighted by Crippen LogP contribution is -2.15. The number of rotatable bonds is 2. The summed E-state index contributed by atoms with van der Waals surface area (Å²) in [6, 6.07) is 3.13. The van der Waals surface area contributed by atoms with E-state index in [0.29, 0.717) is 26.4 Å². The number of hydrogen-bond donors (Lipinski definition) is 1. The Morgan fingerprint density at radius 1 is 1.17 bits per heavy atom. The lowest BCUT2D eigenvalue weighted by atomic mass is 10.1. The number of aromatic nitrogens is 3. The molecule has 0 atom stereocenters. The van der Waals surface area contributed by atoms with Crippen LogP contribution in [0.25, 0.3) is 5.69 Å². The molecule has 0 amide bonds. The highest BCUT2D eigenvalue weighted by Gasteiger charge is 2.21. The summed E-state index contributed by atoms with van der Waals surface area (Å²) in [6.45, 7) is 3.23. The van der Waals surface area contributed by atoms with Gasteiger partial charge in [0.05, 0.1) is 16.2 Å². The highest BCUT2D eigenvalue weighted by molar-refractivity contribution is 6.40. The molecule has 0 aliphatic rings. The second kappa shape index (κ2) is 4.70. The van der Waals surface area contributed by atoms with Gasteiger partial charge in [-0.1, -0.05) is 40.0 Å². The molecule has 0 unspecified atom stereocenters. The van der Waals surface area contributed by atoms with Crippen molar-refractivity contribution in [1.82, 2.24) is 15.0 Å². The van der Waals surface area contributed by atoms with E-state index in [1.807, 2.05) is 0 Å². The van der Waals surface area contributed by atoms with E-state index in [1.165, 1.54) is 4.68 Å². The van der Waals surface area contributed by atoms with E-state index in [1.54, 1.807) is 32.2 Å². The zero-order valence-corrected chi connectivity index (χ0v) is 11.9. The van der Waals surface area contributed by atoms with Gasteiger partial charge in [-0.2, -0.15) is 0 Å². The maximum absolute atomic E-state index is 9.83. The zero-order valence-electron chi connectivity index (χ0n) is 9.65. The largest absolute Gasteiger partial charge is 0.384 e. The molecule has 1 aromatic carbocycles. The molecule has 1 heterocycles. The van der Waals surface area contributed by atoms with Gasteiger partial charge in [-0.15, -0.1) is 5.10 Å². The predicted octanol–water partition coefficient (Wildman–Crippen LogP) is 3.45. The van der Waals surface area contributed by atoms with Gasteiger partial charge in [-0.3, -0.25) is 0 Å². The van der Waals surface area contributed by atoms with Crippen LogP contribution in [0.15, 0.2) is 18.3 Å². The third-order valence-electron chi connectivity index (χ3n) is 2.33. The van der Waals surface area contributed by atoms with Gasteiger partial charge < -0.3 is 5.11 Å². The first-order valence-electron chi connectivity index (χ1n) is 5.09. The number of benzene rings is 1. The first-order chi connectivity index (χ1) is 8.29. The van der Waals surface area contributed by atoms with Gasteiger partial charge in [0.15, 0.2) is 0 Å². The second-order valence-electron chi connectivity index (χ2n) is 4.33. The van der Waals surface area contributed by atoms with Crippen LogP contribution >= 0.6 is 34.8 Å². The molecule has 0 spiro atoms. The molecule has 4 nitrogen and oxygen atoms in total. The third kappa shape index (κ3) is 2.62. The van der Waals surface area contributed by atoms with Crippen LogP contribution in [0.5, 0.6) is 0 Å². The van der Waals surface area contributed by atoms with Crippen molar-refractivity contribution in [1.29, 1.82) is 0 Å². The predicted molar refractivity (Wildman–Crippen MR) is 71.6 cm³/mol. The molecule has 7 heteroatoms. The molecule has 0 aliphatic carbocycles. The SMILES string of the molecule is CC(C)(O)c1cn(-c2c(Cl)cc(Cl)cc2Cl)nn1. The highest BCUT2D eigenvalue weighted by atomic mass is 35.5. The maximum atomic E-state index is 9.83. The van der Waals surface area contributed by atoms with E-state index in [4.69, 9.17) is 34.8 Å². The first kappa shape index (κ1) is 13.6. The molecular weight excluding hydrogens is 296 g/mol. The van der Waals surface area contributed by atoms with Crippen molar-refractivity contribution >= 4 is 34.8 Å². The lowest BCUT2D eigenvalue weighted by Gasteiger charge is -2.12. The van der Waals surface area contributed by atoms with Gasteiger partial charge in [-0.05, 0) is 26.0 Å². The molecule has 1 N–H and O–H groups in total. The van der Waals surface area contributed by atoms with Crippen LogP contribution in [0.2, 0.25) is 15.1 Å². The minimum absolute atomic E-state index is 0.361. The van der Waals surface area contributed by atoms with E-state index >= 15 is 0 Å². The summed E-state index contributed by atoms with van der Waals surface area (Å²) in [6.07, 6.45) is 1.57. The van der Waals surface area contributed by atoms with Gasteiger partial charge in [0, 0.05) is 5.02 Å². The van der Waals surface area contributed by atoms with Crippen LogP contribution in [0, 0.1) is 0 Å². The van der Waals surface area contributed by atoms with E-state index in [-0.39, 0.29) is 0 Å². The molecular formula is C11H10Cl3N3O. The third-order valence-corrected chi connectivity index (χ3v) is 3.13. The normalized spacial score (nSPS) is 11.9. The average Bonchev–Trinajstić information content (AvgIpc) is 2.64. The van der Waals surface area contributed by atoms with Crippen LogP contribution in [-0.2, 0) is 5.60 Å². The molecule has 96 valence electrons. The molecule has 0 aliphatic heterocycles. The second-order valence-corrected chi connectivity index (χ2v) is 5.58. The van der Waals surface area contributed by atoms with Gasteiger partial charge in [0.2, 0.25) is 0 Å². The first-order valence-corrected chi connectivity index (χ1v) is 6.22. The Hall–Kier alpha value is -0.810. The summed E-state index contributed by atoms with van der Waals surface area (Å²) < 4.78 is 1.41. The lowest BCUT2D eigenvalue weighted by molar-refractivity contribution is 0.0737. The van der Waals surface area contributed by atoms with Gasteiger partial charge in [0.25, 0.3) is 0 Å². The molecule has 2 aromatic rings. The molecule has 0 saturated heterocycles. The Labute approximate surface area is 119 Å². The summed E-state index contributed by atoms with van der Waals surface area (Å²) in [7, 11) is 0. The van der Waals surface area contributed by atoms with Crippen LogP contribution < -0.4 is 0 Å². The smallest absolute Gasteiger partial charge is 0.114 e. The fraction of sp³-hybridized carbons (Fsp3) is 0.273. The number of halogens is 3. The summed E-state index contributed by atoms with van der Waals surface area (Å²) >= 11 is 18.0. The van der Waals surface area contributed by atoms with E-state index in [2.05, 4.69) is 10.3 Å². The highest BCUT2D eigenvalue weighted by Crippen LogP contribution is 2.32. The number of nitrogens with zero attached hydrogens (tertiary/aromatic N) is 3. The van der Waals surface area contributed by atoms with Crippen molar-refractivity contribution < 1.29 is 5.11 Å². The van der Waals surface area contributed by atoms with Crippen LogP contribution in [-0.4, -0.2) is 20.1 Å². The molecule has 0 radical (unpaired) electrons. The van der Waals surface area contributed by atoms with Crippen molar-refractivity contribution in [2.24, 2.45) is 0 Å². The molecule has 1 aromatic heterocycles. The maximum Gasteiger partial charge on any atom is 0.114 e. The van der Waals surface area contributed by atoms with Crippen LogP contribution in [0.4, 0.5) is 0 Å². The Morgan fingerprint density at radius 3 is 2.17 bits per heavy atom. The minimum Gasteiger partial charge on any atom is -0.384 e. The Balaban J connectivity index is 2.53. The van der Waals surface area contributed by atoms with E-state index in [0.717, 1.165) is 0 Å². The van der Waals surface area contributed by atoms with Gasteiger partial charge in [0.1, 0.15) is 17.0 Å². The monoisotopic (exact) mass is 305 g/mol.